The largest absolute Gasteiger partial charge is 0.399 e. The molecule has 0 aliphatic carbocycles. The van der Waals surface area contributed by atoms with Crippen LogP contribution in [-0.4, -0.2) is 23.9 Å². The Morgan fingerprint density at radius 1 is 1.00 bits per heavy atom. The van der Waals surface area contributed by atoms with Gasteiger partial charge in [-0.15, -0.1) is 13.2 Å². The minimum absolute atomic E-state index is 0.0133. The number of hydrogen-bond donors (Lipinski definition) is 1. The first-order valence-corrected chi connectivity index (χ1v) is 8.43. The molecule has 2 aromatic rings. The zero-order valence-corrected chi connectivity index (χ0v) is 15.1. The van der Waals surface area contributed by atoms with Crippen molar-refractivity contribution in [1.82, 2.24) is 4.90 Å². The maximum Gasteiger partial charge on any atom is 0.266 e. The molecule has 0 saturated heterocycles. The summed E-state index contributed by atoms with van der Waals surface area (Å²) >= 11 is 0. The van der Waals surface area contributed by atoms with Crippen molar-refractivity contribution in [3.63, 3.8) is 0 Å². The summed E-state index contributed by atoms with van der Waals surface area (Å²) in [5.74, 6) is -0.381. The molecule has 0 aromatic heterocycles. The van der Waals surface area contributed by atoms with Gasteiger partial charge >= 0.3 is 0 Å². The summed E-state index contributed by atoms with van der Waals surface area (Å²) in [4.78, 5) is 16.1. The topological polar surface area (TPSA) is 73.4 Å². The lowest BCUT2D eigenvalue weighted by molar-refractivity contribution is -0.125. The Bertz CT molecular complexity index is 853. The van der Waals surface area contributed by atoms with E-state index in [1.807, 2.05) is 48.5 Å². The Hall–Kier alpha value is -3.78. The number of nitriles is 1. The maximum atomic E-state index is 12.8. The van der Waals surface area contributed by atoms with E-state index in [0.717, 1.165) is 11.4 Å². The molecule has 0 radical (unpaired) electrons. The first-order chi connectivity index (χ1) is 13.1. The standard InChI is InChI=1S/C22H22N4O/c1-3-14-25(15-4-2)22(27)18(16-23)17-26(20-8-6-5-7-9-20)21-12-10-19(24)11-13-21/h3-13,17H,1-2,14-15,24H2/b18-17-. The van der Waals surface area contributed by atoms with Gasteiger partial charge in [0.2, 0.25) is 0 Å². The van der Waals surface area contributed by atoms with Crippen LogP contribution in [0.2, 0.25) is 0 Å². The predicted molar refractivity (Wildman–Crippen MR) is 110 cm³/mol. The van der Waals surface area contributed by atoms with Gasteiger partial charge in [0.25, 0.3) is 5.91 Å². The van der Waals surface area contributed by atoms with Crippen LogP contribution in [0.1, 0.15) is 0 Å². The zero-order valence-electron chi connectivity index (χ0n) is 15.1. The van der Waals surface area contributed by atoms with Crippen molar-refractivity contribution in [2.45, 2.75) is 0 Å². The van der Waals surface area contributed by atoms with Crippen LogP contribution in [0, 0.1) is 11.3 Å². The van der Waals surface area contributed by atoms with Crippen molar-refractivity contribution in [1.29, 1.82) is 5.26 Å². The normalized spacial score (nSPS) is 10.6. The van der Waals surface area contributed by atoms with Gasteiger partial charge in [0.15, 0.2) is 0 Å². The quantitative estimate of drug-likeness (QED) is 0.335. The fourth-order valence-corrected chi connectivity index (χ4v) is 2.51. The molecule has 0 aliphatic heterocycles. The number of carbonyl (C=O) groups excluding carboxylic acids is 1. The summed E-state index contributed by atoms with van der Waals surface area (Å²) in [5.41, 5.74) is 8.04. The third-order valence-corrected chi connectivity index (χ3v) is 3.80. The van der Waals surface area contributed by atoms with Gasteiger partial charge in [-0.1, -0.05) is 30.4 Å². The summed E-state index contributed by atoms with van der Waals surface area (Å²) in [5, 5.41) is 9.60. The van der Waals surface area contributed by atoms with Crippen molar-refractivity contribution in [3.05, 3.63) is 91.7 Å². The molecule has 136 valence electrons. The van der Waals surface area contributed by atoms with Crippen LogP contribution >= 0.6 is 0 Å². The molecule has 0 bridgehead atoms. The van der Waals surface area contributed by atoms with Gasteiger partial charge in [0, 0.05) is 36.4 Å². The highest BCUT2D eigenvalue weighted by Gasteiger charge is 2.18. The first-order valence-electron chi connectivity index (χ1n) is 8.43. The molecule has 0 atom stereocenters. The second-order valence-corrected chi connectivity index (χ2v) is 5.74. The van der Waals surface area contributed by atoms with Gasteiger partial charge in [-0.3, -0.25) is 4.79 Å². The highest BCUT2D eigenvalue weighted by molar-refractivity contribution is 5.98. The van der Waals surface area contributed by atoms with E-state index in [4.69, 9.17) is 5.73 Å². The number of nitrogens with two attached hydrogens (primary N) is 1. The molecule has 0 fully saturated rings. The second-order valence-electron chi connectivity index (χ2n) is 5.74. The summed E-state index contributed by atoms with van der Waals surface area (Å²) in [6.07, 6.45) is 4.78. The fraction of sp³-hybridized carbons (Fsp3) is 0.0909. The van der Waals surface area contributed by atoms with Crippen molar-refractivity contribution in [2.75, 3.05) is 23.7 Å². The molecule has 5 nitrogen and oxygen atoms in total. The molecule has 27 heavy (non-hydrogen) atoms. The van der Waals surface area contributed by atoms with Gasteiger partial charge in [0.1, 0.15) is 11.6 Å². The van der Waals surface area contributed by atoms with Crippen LogP contribution in [0.25, 0.3) is 0 Å². The number of hydrogen-bond acceptors (Lipinski definition) is 4. The number of nitrogen functional groups attached to an aromatic ring is 1. The molecule has 2 N–H and O–H groups in total. The number of amides is 1. The number of rotatable bonds is 8. The highest BCUT2D eigenvalue weighted by Crippen LogP contribution is 2.27. The Morgan fingerprint density at radius 3 is 2.07 bits per heavy atom. The van der Waals surface area contributed by atoms with Crippen molar-refractivity contribution in [3.8, 4) is 6.07 Å². The number of benzene rings is 2. The van der Waals surface area contributed by atoms with Gasteiger partial charge in [-0.2, -0.15) is 5.26 Å². The van der Waals surface area contributed by atoms with E-state index in [-0.39, 0.29) is 11.5 Å². The second kappa shape index (κ2) is 9.64. The van der Waals surface area contributed by atoms with Crippen molar-refractivity contribution >= 4 is 23.0 Å². The van der Waals surface area contributed by atoms with Crippen LogP contribution in [0.5, 0.6) is 0 Å². The summed E-state index contributed by atoms with van der Waals surface area (Å²) in [6, 6.07) is 18.7. The molecule has 0 heterocycles. The molecule has 5 heteroatoms. The first kappa shape index (κ1) is 19.5. The minimum Gasteiger partial charge on any atom is -0.399 e. The van der Waals surface area contributed by atoms with E-state index >= 15 is 0 Å². The minimum atomic E-state index is -0.381. The summed E-state index contributed by atoms with van der Waals surface area (Å²) in [7, 11) is 0. The van der Waals surface area contributed by atoms with Crippen molar-refractivity contribution < 1.29 is 4.79 Å². The molecule has 0 aliphatic rings. The molecule has 0 unspecified atom stereocenters. The lowest BCUT2D eigenvalue weighted by Crippen LogP contribution is -2.32. The molecular formula is C22H22N4O. The summed E-state index contributed by atoms with van der Waals surface area (Å²) < 4.78 is 0. The van der Waals surface area contributed by atoms with Gasteiger partial charge in [-0.25, -0.2) is 0 Å². The summed E-state index contributed by atoms with van der Waals surface area (Å²) in [6.45, 7) is 7.98. The Kier molecular flexibility index (Phi) is 6.98. The Labute approximate surface area is 159 Å². The van der Waals surface area contributed by atoms with Gasteiger partial charge < -0.3 is 15.5 Å². The third kappa shape index (κ3) is 5.10. The van der Waals surface area contributed by atoms with E-state index in [9.17, 15) is 10.1 Å². The molecule has 2 rings (SSSR count). The van der Waals surface area contributed by atoms with E-state index in [2.05, 4.69) is 13.2 Å². The Morgan fingerprint density at radius 2 is 1.56 bits per heavy atom. The number of carbonyl (C=O) groups is 1. The lowest BCUT2D eigenvalue weighted by atomic mass is 10.2. The molecule has 1 amide bonds. The average molecular weight is 358 g/mol. The lowest BCUT2D eigenvalue weighted by Gasteiger charge is -2.23. The van der Waals surface area contributed by atoms with Crippen LogP contribution in [0.4, 0.5) is 17.1 Å². The Balaban J connectivity index is 2.48. The van der Waals surface area contributed by atoms with Crippen LogP contribution in [0.15, 0.2) is 91.7 Å². The zero-order chi connectivity index (χ0) is 19.6. The predicted octanol–water partition coefficient (Wildman–Crippen LogP) is 4.01. The van der Waals surface area contributed by atoms with Crippen LogP contribution < -0.4 is 10.6 Å². The molecule has 2 aromatic carbocycles. The molecular weight excluding hydrogens is 336 g/mol. The van der Waals surface area contributed by atoms with Crippen LogP contribution in [0.3, 0.4) is 0 Å². The number of anilines is 3. The van der Waals surface area contributed by atoms with E-state index in [0.29, 0.717) is 18.8 Å². The monoisotopic (exact) mass is 358 g/mol. The highest BCUT2D eigenvalue weighted by atomic mass is 16.2. The van der Waals surface area contributed by atoms with Gasteiger partial charge in [-0.05, 0) is 36.4 Å². The number of para-hydroxylation sites is 1. The molecule has 0 saturated carbocycles. The van der Waals surface area contributed by atoms with Crippen LogP contribution in [-0.2, 0) is 4.79 Å². The fourth-order valence-electron chi connectivity index (χ4n) is 2.51. The molecule has 0 spiro atoms. The van der Waals surface area contributed by atoms with Gasteiger partial charge in [0.05, 0.1) is 0 Å². The smallest absolute Gasteiger partial charge is 0.266 e. The third-order valence-electron chi connectivity index (χ3n) is 3.80. The van der Waals surface area contributed by atoms with E-state index in [1.165, 1.54) is 4.90 Å². The van der Waals surface area contributed by atoms with E-state index < -0.39 is 0 Å². The van der Waals surface area contributed by atoms with Crippen molar-refractivity contribution in [2.24, 2.45) is 0 Å². The number of nitrogens with zero attached hydrogens (tertiary/aromatic N) is 3. The maximum absolute atomic E-state index is 12.8. The average Bonchev–Trinajstić information content (AvgIpc) is 2.70. The SMILES string of the molecule is C=CCN(CC=C)C(=O)/C(C#N)=C\N(c1ccccc1)c1ccc(N)cc1. The van der Waals surface area contributed by atoms with E-state index in [1.54, 1.807) is 35.4 Å².